The van der Waals surface area contributed by atoms with Crippen LogP contribution in [0.3, 0.4) is 0 Å². The molecule has 14 heteroatoms. The number of carbonyl (C=O) groups is 6. The molecule has 4 heterocycles. The van der Waals surface area contributed by atoms with Crippen LogP contribution in [0.1, 0.15) is 96.6 Å². The van der Waals surface area contributed by atoms with Crippen LogP contribution in [0.15, 0.2) is 36.4 Å². The van der Waals surface area contributed by atoms with Crippen LogP contribution in [0.25, 0.3) is 0 Å². The first kappa shape index (κ1) is 41.3. The van der Waals surface area contributed by atoms with Gasteiger partial charge in [0.15, 0.2) is 23.0 Å². The predicted molar refractivity (Wildman–Crippen MR) is 201 cm³/mol. The quantitative estimate of drug-likeness (QED) is 0.174. The number of esters is 4. The van der Waals surface area contributed by atoms with Gasteiger partial charge in [-0.25, -0.2) is 0 Å². The minimum absolute atomic E-state index is 0.0189. The van der Waals surface area contributed by atoms with E-state index >= 15 is 0 Å². The Morgan fingerprint density at radius 2 is 0.983 bits per heavy atom. The van der Waals surface area contributed by atoms with E-state index in [4.69, 9.17) is 18.9 Å². The van der Waals surface area contributed by atoms with Crippen molar-refractivity contribution in [3.05, 3.63) is 47.5 Å². The molecule has 0 amide bonds. The second-order valence-corrected chi connectivity index (χ2v) is 18.1. The van der Waals surface area contributed by atoms with Gasteiger partial charge in [-0.3, -0.25) is 19.2 Å². The molecule has 4 aliphatic heterocycles. The molecule has 4 bridgehead atoms. The van der Waals surface area contributed by atoms with E-state index in [-0.39, 0.29) is 65.4 Å². The van der Waals surface area contributed by atoms with Gasteiger partial charge in [0.25, 0.3) is 0 Å². The first-order valence-electron chi connectivity index (χ1n) is 20.5. The number of carboxylic acids is 2. The minimum Gasteiger partial charge on any atom is -0.550 e. The van der Waals surface area contributed by atoms with Crippen molar-refractivity contribution in [1.82, 2.24) is 0 Å². The highest BCUT2D eigenvalue weighted by atomic mass is 16.6. The lowest BCUT2D eigenvalue weighted by Crippen LogP contribution is -2.70. The molecular weight excluding hydrogens is 748 g/mol. The predicted octanol–water partition coefficient (Wildman–Crippen LogP) is 2.99. The van der Waals surface area contributed by atoms with Crippen molar-refractivity contribution in [3.8, 4) is 23.0 Å². The monoisotopic (exact) mass is 802 g/mol. The van der Waals surface area contributed by atoms with Gasteiger partial charge in [-0.1, -0.05) is 0 Å². The van der Waals surface area contributed by atoms with Crippen LogP contribution in [0, 0.1) is 29.1 Å². The van der Waals surface area contributed by atoms with Gasteiger partial charge in [0.1, 0.15) is 13.1 Å². The van der Waals surface area contributed by atoms with E-state index in [1.807, 2.05) is 12.1 Å². The van der Waals surface area contributed by atoms with Gasteiger partial charge in [-0.05, 0) is 60.6 Å². The number of fused-ring (bicyclic) bond motifs is 4. The second-order valence-electron chi connectivity index (χ2n) is 18.1. The van der Waals surface area contributed by atoms with E-state index in [0.717, 1.165) is 36.8 Å². The lowest BCUT2D eigenvalue weighted by atomic mass is 9.43. The Hall–Kier alpha value is -4.82. The maximum atomic E-state index is 13.6. The maximum absolute atomic E-state index is 13.6. The molecule has 2 aromatic carbocycles. The Bertz CT molecular complexity index is 2000. The largest absolute Gasteiger partial charge is 0.550 e. The first-order valence-corrected chi connectivity index (χ1v) is 20.5. The number of quaternary nitrogens is 2. The second kappa shape index (κ2) is 15.4. The van der Waals surface area contributed by atoms with E-state index in [1.165, 1.54) is 27.7 Å². The molecule has 1 saturated carbocycles. The zero-order valence-corrected chi connectivity index (χ0v) is 34.2. The molecule has 5 aliphatic rings. The zero-order valence-electron chi connectivity index (χ0n) is 34.2. The summed E-state index contributed by atoms with van der Waals surface area (Å²) in [4.78, 5) is 73.5. The van der Waals surface area contributed by atoms with Crippen LogP contribution in [0.4, 0.5) is 0 Å². The molecule has 0 spiro atoms. The van der Waals surface area contributed by atoms with Crippen molar-refractivity contribution in [1.29, 1.82) is 0 Å². The van der Waals surface area contributed by atoms with Crippen LogP contribution in [0.5, 0.6) is 23.0 Å². The van der Waals surface area contributed by atoms with Crippen molar-refractivity contribution in [2.75, 3.05) is 14.1 Å². The van der Waals surface area contributed by atoms with Gasteiger partial charge < -0.3 is 47.7 Å². The van der Waals surface area contributed by atoms with Gasteiger partial charge in [-0.2, -0.15) is 0 Å². The highest BCUT2D eigenvalue weighted by Gasteiger charge is 2.67. The van der Waals surface area contributed by atoms with E-state index in [0.29, 0.717) is 47.7 Å². The molecule has 0 aromatic heterocycles. The smallest absolute Gasteiger partial charge is 0.308 e. The van der Waals surface area contributed by atoms with Crippen LogP contribution in [-0.2, 0) is 41.9 Å². The molecule has 58 heavy (non-hydrogen) atoms. The van der Waals surface area contributed by atoms with Gasteiger partial charge in [0, 0.05) is 113 Å². The summed E-state index contributed by atoms with van der Waals surface area (Å²) in [5.41, 5.74) is 0.508. The van der Waals surface area contributed by atoms with Crippen molar-refractivity contribution in [2.24, 2.45) is 29.1 Å². The molecule has 11 atom stereocenters. The number of hydrogen-bond donors (Lipinski definition) is 0. The topological polar surface area (TPSA) is 185 Å². The number of carboxylic acid groups (broad SMARTS) is 2. The summed E-state index contributed by atoms with van der Waals surface area (Å²) in [6.45, 7) is 6.31. The molecule has 1 aliphatic carbocycles. The fourth-order valence-corrected chi connectivity index (χ4v) is 12.4. The molecule has 312 valence electrons. The summed E-state index contributed by atoms with van der Waals surface area (Å²) in [5, 5.41) is 26.4. The van der Waals surface area contributed by atoms with E-state index in [1.54, 1.807) is 24.3 Å². The van der Waals surface area contributed by atoms with Gasteiger partial charge in [0.2, 0.25) is 0 Å². The number of nitrogens with zero attached hydrogens (tertiary/aromatic N) is 2. The summed E-state index contributed by atoms with van der Waals surface area (Å²) < 4.78 is 22.7. The number of piperidine rings is 2. The number of carbonyl (C=O) groups excluding carboxylic acids is 6. The number of aliphatic carboxylic acids is 2. The number of benzene rings is 2. The molecule has 0 N–H and O–H groups in total. The minimum atomic E-state index is -1.28. The standard InChI is InChI=1S/C44H54N2O12/c1-24(47)55-37-13-7-28(15-39(37)57-26(3)49)22-45(5)32-9-10-33(45)18-30(17-32)41-36(42(51)52)21-44(41,43(53)54)31-19-34-11-12-35(20-31)46(34,6)23-29-8-14-38(56-25(2)48)40(16-29)58-27(4)50/h7-8,13-16,30-36,41H,9-12,17-23H2,1-6H3/t30?,31?,32-,33+,34-,35+,36?,41?,44?,45?,46?. The molecular formula is C44H54N2O12. The molecule has 5 fully saturated rings. The van der Waals surface area contributed by atoms with Gasteiger partial charge in [-0.15, -0.1) is 0 Å². The van der Waals surface area contributed by atoms with E-state index in [2.05, 4.69) is 14.1 Å². The summed E-state index contributed by atoms with van der Waals surface area (Å²) in [6.07, 6.45) is 6.29. The Balaban J connectivity index is 1.11. The summed E-state index contributed by atoms with van der Waals surface area (Å²) >= 11 is 0. The Morgan fingerprint density at radius 1 is 0.603 bits per heavy atom. The fourth-order valence-electron chi connectivity index (χ4n) is 12.4. The highest BCUT2D eigenvalue weighted by Crippen LogP contribution is 2.66. The van der Waals surface area contributed by atoms with E-state index in [9.17, 15) is 39.0 Å². The highest BCUT2D eigenvalue weighted by molar-refractivity contribution is 5.81. The summed E-state index contributed by atoms with van der Waals surface area (Å²) in [6, 6.07) is 11.0. The van der Waals surface area contributed by atoms with Gasteiger partial charge >= 0.3 is 23.9 Å². The third-order valence-corrected chi connectivity index (χ3v) is 14.8. The number of hydrogen-bond acceptors (Lipinski definition) is 12. The lowest BCUT2D eigenvalue weighted by Gasteiger charge is -2.65. The third kappa shape index (κ3) is 7.38. The van der Waals surface area contributed by atoms with Crippen LogP contribution < -0.4 is 29.2 Å². The number of ether oxygens (including phenoxy) is 4. The van der Waals surface area contributed by atoms with Crippen LogP contribution >= 0.6 is 0 Å². The number of rotatable bonds is 12. The Kier molecular flexibility index (Phi) is 11.0. The molecule has 0 radical (unpaired) electrons. The van der Waals surface area contributed by atoms with Crippen LogP contribution in [-0.4, -0.2) is 83.0 Å². The van der Waals surface area contributed by atoms with Gasteiger partial charge in [0.05, 0.1) is 38.3 Å². The lowest BCUT2D eigenvalue weighted by molar-refractivity contribution is -0.962. The normalized spacial score (nSPS) is 34.7. The molecule has 7 rings (SSSR count). The van der Waals surface area contributed by atoms with Crippen molar-refractivity contribution < 1.29 is 66.9 Å². The van der Waals surface area contributed by atoms with E-state index < -0.39 is 53.1 Å². The molecule has 2 aromatic rings. The molecule has 14 nitrogen and oxygen atoms in total. The summed E-state index contributed by atoms with van der Waals surface area (Å²) in [5.74, 6) is -5.69. The maximum Gasteiger partial charge on any atom is 0.308 e. The van der Waals surface area contributed by atoms with Crippen molar-refractivity contribution >= 4 is 35.8 Å². The average Bonchev–Trinajstić information content (AvgIpc) is 3.33. The Labute approximate surface area is 338 Å². The van der Waals surface area contributed by atoms with Crippen molar-refractivity contribution in [2.45, 2.75) is 123 Å². The first-order chi connectivity index (χ1) is 27.3. The van der Waals surface area contributed by atoms with Crippen molar-refractivity contribution in [3.63, 3.8) is 0 Å². The summed E-state index contributed by atoms with van der Waals surface area (Å²) in [7, 11) is 4.39. The molecule has 4 saturated heterocycles. The third-order valence-electron chi connectivity index (χ3n) is 14.8. The fraction of sp³-hybridized carbons (Fsp3) is 0.591. The molecule has 7 unspecified atom stereocenters. The van der Waals surface area contributed by atoms with Crippen LogP contribution in [0.2, 0.25) is 0 Å². The average molecular weight is 803 g/mol. The Morgan fingerprint density at radius 3 is 1.34 bits per heavy atom. The SMILES string of the molecule is CC(=O)Oc1ccc(C[N+]2(C)[C@@H]3CC[C@H]2CC(C2C(C(=O)[O-])CC2(C(=O)[O-])C2C[C@H]4CC[C@@H](C2)[N+]4(C)Cc2ccc(OC(C)=O)c(OC(C)=O)c2)C3)cc1OC(C)=O. The zero-order chi connectivity index (χ0) is 41.9.